The van der Waals surface area contributed by atoms with Gasteiger partial charge in [0.05, 0.1) is 5.02 Å². The third-order valence-corrected chi connectivity index (χ3v) is 4.37. The van der Waals surface area contributed by atoms with Crippen LogP contribution >= 0.6 is 23.2 Å². The molecular formula is C17H11Cl2F3O4. The van der Waals surface area contributed by atoms with Gasteiger partial charge in [-0.25, -0.2) is 0 Å². The Labute approximate surface area is 156 Å². The topological polar surface area (TPSA) is 55.8 Å². The molecule has 2 atom stereocenters. The number of aliphatic carboxylic acids is 1. The molecule has 9 heteroatoms. The van der Waals surface area contributed by atoms with E-state index in [1.54, 1.807) is 24.3 Å². The molecule has 138 valence electrons. The number of hydrogen-bond acceptors (Lipinski definition) is 3. The van der Waals surface area contributed by atoms with Crippen LogP contribution in [0.15, 0.2) is 36.4 Å². The zero-order valence-corrected chi connectivity index (χ0v) is 14.4. The zero-order chi connectivity index (χ0) is 19.1. The molecule has 0 saturated carbocycles. The van der Waals surface area contributed by atoms with Gasteiger partial charge in [-0.1, -0.05) is 23.2 Å². The highest BCUT2D eigenvalue weighted by Gasteiger charge is 2.52. The van der Waals surface area contributed by atoms with Crippen molar-refractivity contribution >= 4 is 29.2 Å². The van der Waals surface area contributed by atoms with Gasteiger partial charge in [-0.3, -0.25) is 4.79 Å². The van der Waals surface area contributed by atoms with Gasteiger partial charge in [0.15, 0.2) is 0 Å². The van der Waals surface area contributed by atoms with Gasteiger partial charge in [0, 0.05) is 16.7 Å². The van der Waals surface area contributed by atoms with Gasteiger partial charge in [0.1, 0.15) is 23.2 Å². The molecule has 0 bridgehead atoms. The highest BCUT2D eigenvalue weighted by Crippen LogP contribution is 2.44. The van der Waals surface area contributed by atoms with E-state index in [4.69, 9.17) is 37.8 Å². The molecule has 3 rings (SSSR count). The number of carboxylic acids is 1. The first-order valence-electron chi connectivity index (χ1n) is 7.37. The normalized spacial score (nSPS) is 19.4. The van der Waals surface area contributed by atoms with Crippen molar-refractivity contribution in [3.63, 3.8) is 0 Å². The Morgan fingerprint density at radius 1 is 1.15 bits per heavy atom. The predicted octanol–water partition coefficient (Wildman–Crippen LogP) is 5.35. The summed E-state index contributed by atoms with van der Waals surface area (Å²) >= 11 is 11.8. The minimum Gasteiger partial charge on any atom is -0.481 e. The van der Waals surface area contributed by atoms with E-state index >= 15 is 0 Å². The maximum absolute atomic E-state index is 13.1. The van der Waals surface area contributed by atoms with Gasteiger partial charge in [-0.05, 0) is 36.8 Å². The van der Waals surface area contributed by atoms with Crippen LogP contribution in [0.4, 0.5) is 13.2 Å². The van der Waals surface area contributed by atoms with Crippen molar-refractivity contribution in [2.45, 2.75) is 18.7 Å². The number of carboxylic acid groups (broad SMARTS) is 1. The number of fused-ring (bicyclic) bond motifs is 1. The van der Waals surface area contributed by atoms with E-state index in [0.29, 0.717) is 10.8 Å². The van der Waals surface area contributed by atoms with Crippen molar-refractivity contribution in [3.05, 3.63) is 52.0 Å². The van der Waals surface area contributed by atoms with E-state index in [-0.39, 0.29) is 28.5 Å². The fourth-order valence-electron chi connectivity index (χ4n) is 2.67. The van der Waals surface area contributed by atoms with E-state index in [2.05, 4.69) is 0 Å². The van der Waals surface area contributed by atoms with Crippen LogP contribution in [-0.4, -0.2) is 23.4 Å². The van der Waals surface area contributed by atoms with Gasteiger partial charge in [-0.2, -0.15) is 13.2 Å². The van der Waals surface area contributed by atoms with Crippen LogP contribution < -0.4 is 9.47 Å². The Balaban J connectivity index is 1.94. The lowest BCUT2D eigenvalue weighted by Crippen LogP contribution is -2.47. The average Bonchev–Trinajstić information content (AvgIpc) is 2.55. The molecule has 0 fully saturated rings. The number of halogens is 5. The fraction of sp³-hybridized carbons (Fsp3) is 0.235. The van der Waals surface area contributed by atoms with Crippen molar-refractivity contribution in [1.82, 2.24) is 0 Å². The summed E-state index contributed by atoms with van der Waals surface area (Å²) in [6.45, 7) is 0. The molecule has 0 unspecified atom stereocenters. The minimum absolute atomic E-state index is 0.0930. The molecule has 1 N–H and O–H groups in total. The van der Waals surface area contributed by atoms with Crippen LogP contribution in [0.3, 0.4) is 0 Å². The molecule has 0 aliphatic carbocycles. The molecule has 4 nitrogen and oxygen atoms in total. The SMILES string of the molecule is O=C(O)[C@@H]1Cc2cc(Oc3ccc(Cl)cc3)cc(Cl)c2O[C@@H]1C(F)(F)F. The molecule has 2 aromatic rings. The van der Waals surface area contributed by atoms with Crippen molar-refractivity contribution in [2.24, 2.45) is 5.92 Å². The summed E-state index contributed by atoms with van der Waals surface area (Å²) in [7, 11) is 0. The maximum Gasteiger partial charge on any atom is 0.426 e. The standard InChI is InChI=1S/C17H11Cl2F3O4/c18-9-1-3-10(4-2-9)25-11-5-8-6-12(16(23)24)15(17(20,21)22)26-14(8)13(19)7-11/h1-5,7,12,15H,6H2,(H,23,24)/t12-,15+/m1/s1. The van der Waals surface area contributed by atoms with Gasteiger partial charge >= 0.3 is 12.1 Å². The zero-order valence-electron chi connectivity index (χ0n) is 12.9. The highest BCUT2D eigenvalue weighted by atomic mass is 35.5. The lowest BCUT2D eigenvalue weighted by molar-refractivity contribution is -0.217. The van der Waals surface area contributed by atoms with Crippen LogP contribution in [-0.2, 0) is 11.2 Å². The summed E-state index contributed by atoms with van der Waals surface area (Å²) in [5.41, 5.74) is 0.231. The van der Waals surface area contributed by atoms with Gasteiger partial charge in [0.2, 0.25) is 6.10 Å². The second kappa shape index (κ2) is 6.89. The number of carbonyl (C=O) groups is 1. The van der Waals surface area contributed by atoms with Crippen molar-refractivity contribution in [1.29, 1.82) is 0 Å². The molecule has 26 heavy (non-hydrogen) atoms. The summed E-state index contributed by atoms with van der Waals surface area (Å²) in [4.78, 5) is 11.3. The molecule has 2 aromatic carbocycles. The van der Waals surface area contributed by atoms with E-state index in [1.165, 1.54) is 12.1 Å². The molecule has 0 radical (unpaired) electrons. The van der Waals surface area contributed by atoms with Crippen molar-refractivity contribution < 1.29 is 32.5 Å². The molecular weight excluding hydrogens is 396 g/mol. The summed E-state index contributed by atoms with van der Waals surface area (Å²) in [6, 6.07) is 9.14. The molecule has 0 saturated heterocycles. The first-order valence-corrected chi connectivity index (χ1v) is 8.13. The lowest BCUT2D eigenvalue weighted by Gasteiger charge is -2.33. The largest absolute Gasteiger partial charge is 0.481 e. The molecule has 1 heterocycles. The summed E-state index contributed by atoms with van der Waals surface area (Å²) in [5, 5.41) is 9.56. The number of rotatable bonds is 3. The van der Waals surface area contributed by atoms with Crippen LogP contribution in [0.5, 0.6) is 17.2 Å². The second-order valence-electron chi connectivity index (χ2n) is 5.68. The van der Waals surface area contributed by atoms with Crippen LogP contribution in [0, 0.1) is 5.92 Å². The van der Waals surface area contributed by atoms with E-state index in [1.807, 2.05) is 0 Å². The number of benzene rings is 2. The van der Waals surface area contributed by atoms with E-state index in [9.17, 15) is 18.0 Å². The van der Waals surface area contributed by atoms with Gasteiger partial charge in [0.25, 0.3) is 0 Å². The third kappa shape index (κ3) is 3.83. The maximum atomic E-state index is 13.1. The molecule has 0 aromatic heterocycles. The molecule has 0 amide bonds. The van der Waals surface area contributed by atoms with E-state index < -0.39 is 24.2 Å². The Morgan fingerprint density at radius 2 is 1.81 bits per heavy atom. The minimum atomic E-state index is -4.83. The van der Waals surface area contributed by atoms with Crippen molar-refractivity contribution in [3.8, 4) is 17.2 Å². The Kier molecular flexibility index (Phi) is 4.94. The monoisotopic (exact) mass is 406 g/mol. The smallest absolute Gasteiger partial charge is 0.426 e. The van der Waals surface area contributed by atoms with Gasteiger partial charge in [-0.15, -0.1) is 0 Å². The summed E-state index contributed by atoms with van der Waals surface area (Å²) < 4.78 is 49.8. The summed E-state index contributed by atoms with van der Waals surface area (Å²) in [5.74, 6) is -2.88. The quantitative estimate of drug-likeness (QED) is 0.745. The Morgan fingerprint density at radius 3 is 2.38 bits per heavy atom. The highest BCUT2D eigenvalue weighted by molar-refractivity contribution is 6.32. The predicted molar refractivity (Wildman–Crippen MR) is 88.3 cm³/mol. The fourth-order valence-corrected chi connectivity index (χ4v) is 3.07. The molecule has 1 aliphatic heterocycles. The number of ether oxygens (including phenoxy) is 2. The first-order chi connectivity index (χ1) is 12.1. The Hall–Kier alpha value is -2.12. The number of alkyl halides is 3. The van der Waals surface area contributed by atoms with Crippen molar-refractivity contribution in [2.75, 3.05) is 0 Å². The summed E-state index contributed by atoms with van der Waals surface area (Å²) in [6.07, 6.45) is -7.68. The third-order valence-electron chi connectivity index (χ3n) is 3.83. The second-order valence-corrected chi connectivity index (χ2v) is 6.52. The van der Waals surface area contributed by atoms with Crippen LogP contribution in [0.25, 0.3) is 0 Å². The first kappa shape index (κ1) is 18.7. The van der Waals surface area contributed by atoms with Crippen LogP contribution in [0.1, 0.15) is 5.56 Å². The van der Waals surface area contributed by atoms with Gasteiger partial charge < -0.3 is 14.6 Å². The molecule has 0 spiro atoms. The average molecular weight is 407 g/mol. The number of hydrogen-bond donors (Lipinski definition) is 1. The lowest BCUT2D eigenvalue weighted by atomic mass is 9.90. The van der Waals surface area contributed by atoms with E-state index in [0.717, 1.165) is 0 Å². The molecule has 1 aliphatic rings. The Bertz CT molecular complexity index is 837. The van der Waals surface area contributed by atoms with Crippen LogP contribution in [0.2, 0.25) is 10.0 Å².